The van der Waals surface area contributed by atoms with E-state index in [9.17, 15) is 0 Å². The van der Waals surface area contributed by atoms with Crippen molar-refractivity contribution in [3.05, 3.63) is 164 Å². The first-order chi connectivity index (χ1) is 20.8. The molecule has 1 aromatic heterocycles. The van der Waals surface area contributed by atoms with Gasteiger partial charge in [0.05, 0.1) is 5.69 Å². The third-order valence-electron chi connectivity index (χ3n) is 8.02. The summed E-state index contributed by atoms with van der Waals surface area (Å²) in [5.74, 6) is 0. The van der Waals surface area contributed by atoms with Crippen molar-refractivity contribution in [2.24, 2.45) is 0 Å². The molecular formula is C40H27NO. The first-order valence-electron chi connectivity index (χ1n) is 14.3. The molecule has 0 aliphatic heterocycles. The topological polar surface area (TPSA) is 16.4 Å². The van der Waals surface area contributed by atoms with Gasteiger partial charge < -0.3 is 9.32 Å². The van der Waals surface area contributed by atoms with Crippen molar-refractivity contribution in [2.45, 2.75) is 0 Å². The number of fused-ring (bicyclic) bond motifs is 4. The van der Waals surface area contributed by atoms with E-state index in [1.54, 1.807) is 0 Å². The second-order valence-corrected chi connectivity index (χ2v) is 10.6. The van der Waals surface area contributed by atoms with Gasteiger partial charge in [0.1, 0.15) is 11.2 Å². The summed E-state index contributed by atoms with van der Waals surface area (Å²) >= 11 is 0. The van der Waals surface area contributed by atoms with Crippen LogP contribution in [0, 0.1) is 0 Å². The lowest BCUT2D eigenvalue weighted by atomic mass is 9.97. The molecule has 1 heterocycles. The van der Waals surface area contributed by atoms with Gasteiger partial charge in [-0.15, -0.1) is 0 Å². The van der Waals surface area contributed by atoms with Gasteiger partial charge in [-0.05, 0) is 76.2 Å². The van der Waals surface area contributed by atoms with Crippen molar-refractivity contribution < 1.29 is 4.42 Å². The molecule has 0 unspecified atom stereocenters. The van der Waals surface area contributed by atoms with Crippen LogP contribution >= 0.6 is 0 Å². The summed E-state index contributed by atoms with van der Waals surface area (Å²) in [4.78, 5) is 2.39. The van der Waals surface area contributed by atoms with Gasteiger partial charge in [-0.2, -0.15) is 0 Å². The molecule has 0 fully saturated rings. The van der Waals surface area contributed by atoms with Crippen molar-refractivity contribution >= 4 is 49.8 Å². The lowest BCUT2D eigenvalue weighted by Gasteiger charge is -2.28. The van der Waals surface area contributed by atoms with Crippen LogP contribution in [0.3, 0.4) is 0 Å². The van der Waals surface area contributed by atoms with Crippen LogP contribution in [0.15, 0.2) is 168 Å². The molecule has 0 aliphatic carbocycles. The predicted octanol–water partition coefficient (Wildman–Crippen LogP) is 11.5. The standard InChI is InChI=1S/C40H27NO/c1-3-12-28(13-4-1)31-24-32(29-14-5-2-6-15-29)26-34(25-31)41(38-20-11-17-30-16-7-8-18-35(30)38)33-22-23-40-37(27-33)36-19-9-10-21-39(36)42-40/h1-27H. The minimum Gasteiger partial charge on any atom is -0.456 e. The molecule has 2 heteroatoms. The van der Waals surface area contributed by atoms with Gasteiger partial charge in [0, 0.05) is 27.5 Å². The van der Waals surface area contributed by atoms with Crippen LogP contribution in [0.4, 0.5) is 17.1 Å². The highest BCUT2D eigenvalue weighted by Crippen LogP contribution is 2.43. The number of nitrogens with zero attached hydrogens (tertiary/aromatic N) is 1. The summed E-state index contributed by atoms with van der Waals surface area (Å²) < 4.78 is 6.20. The maximum atomic E-state index is 6.20. The van der Waals surface area contributed by atoms with E-state index in [0.29, 0.717) is 0 Å². The summed E-state index contributed by atoms with van der Waals surface area (Å²) in [6, 6.07) is 58.1. The molecule has 2 nitrogen and oxygen atoms in total. The van der Waals surface area contributed by atoms with E-state index >= 15 is 0 Å². The largest absolute Gasteiger partial charge is 0.456 e. The van der Waals surface area contributed by atoms with E-state index in [1.807, 2.05) is 12.1 Å². The number of rotatable bonds is 5. The minimum absolute atomic E-state index is 0.890. The van der Waals surface area contributed by atoms with Gasteiger partial charge in [-0.3, -0.25) is 0 Å². The molecule has 8 aromatic rings. The molecule has 198 valence electrons. The third-order valence-corrected chi connectivity index (χ3v) is 8.02. The van der Waals surface area contributed by atoms with E-state index in [4.69, 9.17) is 4.42 Å². The van der Waals surface area contributed by atoms with Crippen molar-refractivity contribution in [2.75, 3.05) is 4.90 Å². The SMILES string of the molecule is c1ccc(-c2cc(-c3ccccc3)cc(N(c3ccc4oc5ccccc5c4c3)c3cccc4ccccc34)c2)cc1. The summed E-state index contributed by atoms with van der Waals surface area (Å²) in [5, 5.41) is 4.63. The molecule has 0 atom stereocenters. The van der Waals surface area contributed by atoms with Crippen molar-refractivity contribution in [3.8, 4) is 22.3 Å². The maximum absolute atomic E-state index is 6.20. The number of para-hydroxylation sites is 1. The Morgan fingerprint density at radius 2 is 0.952 bits per heavy atom. The quantitative estimate of drug-likeness (QED) is 0.217. The van der Waals surface area contributed by atoms with Crippen LogP contribution < -0.4 is 4.90 Å². The van der Waals surface area contributed by atoms with E-state index in [-0.39, 0.29) is 0 Å². The molecule has 0 N–H and O–H groups in total. The Hall–Kier alpha value is -5.60. The average Bonchev–Trinajstić information content (AvgIpc) is 3.44. The summed E-state index contributed by atoms with van der Waals surface area (Å²) in [5.41, 5.74) is 9.81. The molecule has 0 saturated carbocycles. The van der Waals surface area contributed by atoms with Crippen molar-refractivity contribution in [1.82, 2.24) is 0 Å². The Labute approximate surface area is 244 Å². The molecule has 0 radical (unpaired) electrons. The molecule has 7 aromatic carbocycles. The summed E-state index contributed by atoms with van der Waals surface area (Å²) in [7, 11) is 0. The van der Waals surface area contributed by atoms with Crippen molar-refractivity contribution in [3.63, 3.8) is 0 Å². The maximum Gasteiger partial charge on any atom is 0.135 e. The van der Waals surface area contributed by atoms with E-state index in [0.717, 1.165) is 39.0 Å². The fourth-order valence-corrected chi connectivity index (χ4v) is 6.02. The Balaban J connectivity index is 1.43. The van der Waals surface area contributed by atoms with Gasteiger partial charge in [0.25, 0.3) is 0 Å². The molecular weight excluding hydrogens is 510 g/mol. The van der Waals surface area contributed by atoms with Gasteiger partial charge in [-0.25, -0.2) is 0 Å². The van der Waals surface area contributed by atoms with Crippen LogP contribution in [0.5, 0.6) is 0 Å². The lowest BCUT2D eigenvalue weighted by Crippen LogP contribution is -2.11. The monoisotopic (exact) mass is 537 g/mol. The van der Waals surface area contributed by atoms with Gasteiger partial charge in [0.2, 0.25) is 0 Å². The molecule has 0 spiro atoms. The average molecular weight is 538 g/mol. The van der Waals surface area contributed by atoms with Crippen LogP contribution in [-0.2, 0) is 0 Å². The lowest BCUT2D eigenvalue weighted by molar-refractivity contribution is 0.669. The fraction of sp³-hybridized carbons (Fsp3) is 0. The highest BCUT2D eigenvalue weighted by atomic mass is 16.3. The first kappa shape index (κ1) is 24.2. The second kappa shape index (κ2) is 10.1. The van der Waals surface area contributed by atoms with E-state index < -0.39 is 0 Å². The molecule has 42 heavy (non-hydrogen) atoms. The fourth-order valence-electron chi connectivity index (χ4n) is 6.02. The molecule has 0 amide bonds. The molecule has 0 saturated heterocycles. The smallest absolute Gasteiger partial charge is 0.135 e. The Bertz CT molecular complexity index is 2130. The summed E-state index contributed by atoms with van der Waals surface area (Å²) in [6.45, 7) is 0. The Kier molecular flexibility index (Phi) is 5.82. The third kappa shape index (κ3) is 4.22. The number of anilines is 3. The van der Waals surface area contributed by atoms with Crippen LogP contribution in [0.2, 0.25) is 0 Å². The van der Waals surface area contributed by atoms with Crippen LogP contribution in [0.25, 0.3) is 55.0 Å². The summed E-state index contributed by atoms with van der Waals surface area (Å²) in [6.07, 6.45) is 0. The zero-order chi connectivity index (χ0) is 27.9. The molecule has 0 aliphatic rings. The van der Waals surface area contributed by atoms with Gasteiger partial charge in [0.15, 0.2) is 0 Å². The second-order valence-electron chi connectivity index (χ2n) is 10.6. The van der Waals surface area contributed by atoms with Gasteiger partial charge >= 0.3 is 0 Å². The van der Waals surface area contributed by atoms with Crippen LogP contribution in [0.1, 0.15) is 0 Å². The van der Waals surface area contributed by atoms with E-state index in [1.165, 1.54) is 33.0 Å². The minimum atomic E-state index is 0.890. The Morgan fingerprint density at radius 3 is 1.69 bits per heavy atom. The first-order valence-corrected chi connectivity index (χ1v) is 14.3. The van der Waals surface area contributed by atoms with Crippen molar-refractivity contribution in [1.29, 1.82) is 0 Å². The predicted molar refractivity (Wildman–Crippen MR) is 177 cm³/mol. The van der Waals surface area contributed by atoms with E-state index in [2.05, 4.69) is 157 Å². The molecule has 0 bridgehead atoms. The van der Waals surface area contributed by atoms with Crippen LogP contribution in [-0.4, -0.2) is 0 Å². The number of furan rings is 1. The zero-order valence-corrected chi connectivity index (χ0v) is 22.9. The zero-order valence-electron chi connectivity index (χ0n) is 22.9. The number of hydrogen-bond acceptors (Lipinski definition) is 2. The van der Waals surface area contributed by atoms with Gasteiger partial charge in [-0.1, -0.05) is 115 Å². The molecule has 8 rings (SSSR count). The highest BCUT2D eigenvalue weighted by Gasteiger charge is 2.19. The number of benzene rings is 7. The normalized spacial score (nSPS) is 11.3. The Morgan fingerprint density at radius 1 is 0.357 bits per heavy atom. The number of hydrogen-bond donors (Lipinski definition) is 0. The highest BCUT2D eigenvalue weighted by molar-refractivity contribution is 6.07.